The maximum Gasteiger partial charge on any atom is 0.123 e. The van der Waals surface area contributed by atoms with Crippen molar-refractivity contribution < 1.29 is 4.74 Å². The van der Waals surface area contributed by atoms with E-state index in [1.54, 1.807) is 7.11 Å². The topological polar surface area (TPSA) is 57.3 Å². The van der Waals surface area contributed by atoms with Crippen LogP contribution in [0, 0.1) is 0 Å². The first kappa shape index (κ1) is 30.9. The Bertz CT molecular complexity index is 541. The lowest BCUT2D eigenvalue weighted by atomic mass is 10.1. The second-order valence-corrected chi connectivity index (χ2v) is 9.54. The average Bonchev–Trinajstić information content (AvgIpc) is 2.87. The van der Waals surface area contributed by atoms with Crippen LogP contribution in [-0.2, 0) is 6.54 Å². The maximum absolute atomic E-state index is 5.40. The third-order valence-corrected chi connectivity index (χ3v) is 6.45. The number of nitrogens with one attached hydrogen (secondary N) is 4. The quantitative estimate of drug-likeness (QED) is 0.130. The molecule has 5 nitrogen and oxygen atoms in total. The highest BCUT2D eigenvalue weighted by Gasteiger charge is 2.00. The van der Waals surface area contributed by atoms with Crippen molar-refractivity contribution in [2.24, 2.45) is 0 Å². The Balaban J connectivity index is 1.70. The van der Waals surface area contributed by atoms with Crippen molar-refractivity contribution in [2.75, 3.05) is 53.4 Å². The summed E-state index contributed by atoms with van der Waals surface area (Å²) >= 11 is 0. The zero-order valence-corrected chi connectivity index (χ0v) is 22.6. The molecule has 0 aromatic heterocycles. The molecule has 1 aromatic carbocycles. The standard InChI is InChI=1S/C29H56N4O/c1-30-21-13-7-8-16-24-31-22-14-5-3-4-6-15-23-32-25-17-9-10-18-26-33-27-28-19-11-12-20-29(28)34-2/h11-12,19-20,30-33H,3-10,13-18,21-27H2,1-2H3. The predicted molar refractivity (Wildman–Crippen MR) is 149 cm³/mol. The van der Waals surface area contributed by atoms with E-state index in [1.807, 2.05) is 19.2 Å². The summed E-state index contributed by atoms with van der Waals surface area (Å²) in [7, 11) is 3.78. The Hall–Kier alpha value is -1.14. The molecule has 1 rings (SSSR count). The van der Waals surface area contributed by atoms with Gasteiger partial charge in [-0.2, -0.15) is 0 Å². The van der Waals surface area contributed by atoms with Gasteiger partial charge in [0.25, 0.3) is 0 Å². The van der Waals surface area contributed by atoms with E-state index >= 15 is 0 Å². The van der Waals surface area contributed by atoms with Gasteiger partial charge in [-0.25, -0.2) is 0 Å². The molecule has 34 heavy (non-hydrogen) atoms. The van der Waals surface area contributed by atoms with E-state index in [2.05, 4.69) is 33.4 Å². The second kappa shape index (κ2) is 25.0. The molecule has 0 aliphatic carbocycles. The zero-order chi connectivity index (χ0) is 24.4. The van der Waals surface area contributed by atoms with Crippen LogP contribution in [0.25, 0.3) is 0 Å². The molecular weight excluding hydrogens is 420 g/mol. The predicted octanol–water partition coefficient (Wildman–Crippen LogP) is 5.64. The van der Waals surface area contributed by atoms with Gasteiger partial charge in [0.1, 0.15) is 5.75 Å². The number of benzene rings is 1. The molecular formula is C29H56N4O. The fourth-order valence-corrected chi connectivity index (χ4v) is 4.29. The SMILES string of the molecule is CNCCCCCCNCCCCCCCCNCCCCCCNCc1ccccc1OC. The number of rotatable bonds is 26. The molecule has 0 spiro atoms. The van der Waals surface area contributed by atoms with Gasteiger partial charge in [0, 0.05) is 12.1 Å². The fourth-order valence-electron chi connectivity index (χ4n) is 4.29. The number of methoxy groups -OCH3 is 1. The Kier molecular flexibility index (Phi) is 22.7. The lowest BCUT2D eigenvalue weighted by molar-refractivity contribution is 0.407. The molecule has 0 amide bonds. The number of hydrogen-bond acceptors (Lipinski definition) is 5. The average molecular weight is 477 g/mol. The molecule has 0 saturated heterocycles. The first-order valence-corrected chi connectivity index (χ1v) is 14.3. The smallest absolute Gasteiger partial charge is 0.123 e. The normalized spacial score (nSPS) is 11.2. The molecule has 198 valence electrons. The minimum absolute atomic E-state index is 0.889. The van der Waals surface area contributed by atoms with Crippen LogP contribution in [0.5, 0.6) is 5.75 Å². The lowest BCUT2D eigenvalue weighted by Gasteiger charge is -2.09. The molecule has 0 heterocycles. The third-order valence-electron chi connectivity index (χ3n) is 6.45. The number of ether oxygens (including phenoxy) is 1. The number of hydrogen-bond donors (Lipinski definition) is 4. The second-order valence-electron chi connectivity index (χ2n) is 9.54. The number of para-hydroxylation sites is 1. The molecule has 0 aliphatic rings. The third kappa shape index (κ3) is 19.2. The van der Waals surface area contributed by atoms with Gasteiger partial charge in [-0.05, 0) is 90.9 Å². The van der Waals surface area contributed by atoms with Crippen molar-refractivity contribution in [3.8, 4) is 5.75 Å². The van der Waals surface area contributed by atoms with Crippen molar-refractivity contribution in [1.82, 2.24) is 21.3 Å². The summed E-state index contributed by atoms with van der Waals surface area (Å²) < 4.78 is 5.40. The van der Waals surface area contributed by atoms with Gasteiger partial charge in [0.15, 0.2) is 0 Å². The van der Waals surface area contributed by atoms with Crippen LogP contribution < -0.4 is 26.0 Å². The monoisotopic (exact) mass is 476 g/mol. The molecule has 1 aromatic rings. The van der Waals surface area contributed by atoms with Gasteiger partial charge >= 0.3 is 0 Å². The van der Waals surface area contributed by atoms with Crippen LogP contribution in [0.1, 0.15) is 95.5 Å². The summed E-state index contributed by atoms with van der Waals surface area (Å²) in [5, 5.41) is 14.0. The molecule has 0 bridgehead atoms. The minimum atomic E-state index is 0.889. The van der Waals surface area contributed by atoms with Gasteiger partial charge in [0.2, 0.25) is 0 Å². The first-order chi connectivity index (χ1) is 16.9. The first-order valence-electron chi connectivity index (χ1n) is 14.3. The number of unbranched alkanes of at least 4 members (excludes halogenated alkanes) is 11. The Morgan fingerprint density at radius 1 is 0.529 bits per heavy atom. The molecule has 0 saturated carbocycles. The fraction of sp³-hybridized carbons (Fsp3) is 0.793. The van der Waals surface area contributed by atoms with Crippen molar-refractivity contribution >= 4 is 0 Å². The highest BCUT2D eigenvalue weighted by molar-refractivity contribution is 5.32. The van der Waals surface area contributed by atoms with Crippen molar-refractivity contribution in [1.29, 1.82) is 0 Å². The van der Waals surface area contributed by atoms with Crippen molar-refractivity contribution in [3.05, 3.63) is 29.8 Å². The Morgan fingerprint density at radius 3 is 1.41 bits per heavy atom. The van der Waals surface area contributed by atoms with Crippen LogP contribution in [0.15, 0.2) is 24.3 Å². The van der Waals surface area contributed by atoms with Crippen LogP contribution >= 0.6 is 0 Å². The van der Waals surface area contributed by atoms with Crippen LogP contribution in [0.3, 0.4) is 0 Å². The highest BCUT2D eigenvalue weighted by Crippen LogP contribution is 2.16. The molecule has 4 N–H and O–H groups in total. The Labute approximate surface area is 211 Å². The van der Waals surface area contributed by atoms with E-state index in [9.17, 15) is 0 Å². The van der Waals surface area contributed by atoms with Gasteiger partial charge in [-0.15, -0.1) is 0 Å². The highest BCUT2D eigenvalue weighted by atomic mass is 16.5. The molecule has 0 aliphatic heterocycles. The summed E-state index contributed by atoms with van der Waals surface area (Å²) in [4.78, 5) is 0. The van der Waals surface area contributed by atoms with E-state index in [1.165, 1.54) is 122 Å². The molecule has 0 fully saturated rings. The summed E-state index contributed by atoms with van der Waals surface area (Å²) in [6.07, 6.45) is 18.8. The Morgan fingerprint density at radius 2 is 0.941 bits per heavy atom. The minimum Gasteiger partial charge on any atom is -0.496 e. The van der Waals surface area contributed by atoms with Gasteiger partial charge in [0.05, 0.1) is 7.11 Å². The summed E-state index contributed by atoms with van der Waals surface area (Å²) in [5.41, 5.74) is 1.24. The molecule has 0 radical (unpaired) electrons. The van der Waals surface area contributed by atoms with Gasteiger partial charge in [-0.1, -0.05) is 69.6 Å². The van der Waals surface area contributed by atoms with E-state index in [0.29, 0.717) is 0 Å². The van der Waals surface area contributed by atoms with Crippen LogP contribution in [0.4, 0.5) is 0 Å². The summed E-state index contributed by atoms with van der Waals surface area (Å²) in [6.45, 7) is 7.90. The largest absolute Gasteiger partial charge is 0.496 e. The van der Waals surface area contributed by atoms with E-state index in [-0.39, 0.29) is 0 Å². The maximum atomic E-state index is 5.40. The van der Waals surface area contributed by atoms with E-state index < -0.39 is 0 Å². The van der Waals surface area contributed by atoms with Crippen molar-refractivity contribution in [3.63, 3.8) is 0 Å². The summed E-state index contributed by atoms with van der Waals surface area (Å²) in [5.74, 6) is 0.978. The van der Waals surface area contributed by atoms with Gasteiger partial charge < -0.3 is 26.0 Å². The summed E-state index contributed by atoms with van der Waals surface area (Å²) in [6, 6.07) is 8.25. The van der Waals surface area contributed by atoms with E-state index in [4.69, 9.17) is 4.74 Å². The zero-order valence-electron chi connectivity index (χ0n) is 22.6. The molecule has 0 atom stereocenters. The molecule has 0 unspecified atom stereocenters. The molecule has 5 heteroatoms. The van der Waals surface area contributed by atoms with Crippen molar-refractivity contribution in [2.45, 2.75) is 96.4 Å². The van der Waals surface area contributed by atoms with Crippen LogP contribution in [0.2, 0.25) is 0 Å². The van der Waals surface area contributed by atoms with E-state index in [0.717, 1.165) is 25.4 Å². The van der Waals surface area contributed by atoms with Gasteiger partial charge in [-0.3, -0.25) is 0 Å². The lowest BCUT2D eigenvalue weighted by Crippen LogP contribution is -2.17. The van der Waals surface area contributed by atoms with Crippen LogP contribution in [-0.4, -0.2) is 53.4 Å².